The van der Waals surface area contributed by atoms with Crippen LogP contribution in [0.5, 0.6) is 0 Å². The fourth-order valence-corrected chi connectivity index (χ4v) is 3.32. The fourth-order valence-electron chi connectivity index (χ4n) is 2.60. The van der Waals surface area contributed by atoms with Gasteiger partial charge in [-0.3, -0.25) is 10.1 Å². The Morgan fingerprint density at radius 3 is 2.81 bits per heavy atom. The first-order valence-electron chi connectivity index (χ1n) is 8.00. The van der Waals surface area contributed by atoms with Gasteiger partial charge in [0.15, 0.2) is 5.13 Å². The monoisotopic (exact) mass is 367 g/mol. The molecular weight excluding hydrogens is 353 g/mol. The molecule has 0 spiro atoms. The number of carbonyl (C=O) groups excluding carboxylic acids is 1. The molecule has 130 valence electrons. The molecule has 0 saturated heterocycles. The van der Waals surface area contributed by atoms with Gasteiger partial charge in [-0.25, -0.2) is 14.1 Å². The minimum atomic E-state index is -0.298. The number of hydrogen-bond acceptors (Lipinski definition) is 5. The molecule has 0 fully saturated rings. The number of nitrogens with one attached hydrogen (secondary N) is 1. The van der Waals surface area contributed by atoms with Crippen molar-refractivity contribution in [1.82, 2.24) is 20.0 Å². The molecule has 2 heterocycles. The average molecular weight is 367 g/mol. The van der Waals surface area contributed by atoms with Crippen LogP contribution in [-0.4, -0.2) is 25.9 Å². The Bertz CT molecular complexity index is 1090. The quantitative estimate of drug-likeness (QED) is 0.592. The molecule has 0 saturated carbocycles. The van der Waals surface area contributed by atoms with Crippen molar-refractivity contribution in [3.63, 3.8) is 0 Å². The number of rotatable bonds is 4. The second-order valence-electron chi connectivity index (χ2n) is 5.61. The van der Waals surface area contributed by atoms with Crippen LogP contribution in [0.15, 0.2) is 47.8 Å². The molecule has 0 aliphatic rings. The number of nitrogens with zero attached hydrogens (tertiary/aromatic N) is 4. The highest BCUT2D eigenvalue weighted by molar-refractivity contribution is 7.14. The minimum Gasteiger partial charge on any atom is -0.298 e. The fraction of sp³-hybridized carbons (Fsp3) is 0.111. The van der Waals surface area contributed by atoms with Gasteiger partial charge in [0.2, 0.25) is 0 Å². The predicted molar refractivity (Wildman–Crippen MR) is 98.7 cm³/mol. The first kappa shape index (κ1) is 16.3. The van der Waals surface area contributed by atoms with Gasteiger partial charge in [-0.2, -0.15) is 0 Å². The van der Waals surface area contributed by atoms with Crippen LogP contribution < -0.4 is 5.32 Å². The number of anilines is 1. The number of thiazole rings is 1. The van der Waals surface area contributed by atoms with Crippen molar-refractivity contribution in [2.24, 2.45) is 0 Å². The average Bonchev–Trinajstić information content (AvgIpc) is 3.28. The van der Waals surface area contributed by atoms with Crippen LogP contribution in [0.4, 0.5) is 9.52 Å². The molecule has 0 aliphatic heterocycles. The van der Waals surface area contributed by atoms with E-state index in [-0.39, 0.29) is 11.7 Å². The summed E-state index contributed by atoms with van der Waals surface area (Å²) in [5.74, 6) is -0.564. The summed E-state index contributed by atoms with van der Waals surface area (Å²) in [6, 6.07) is 11.3. The highest BCUT2D eigenvalue weighted by Crippen LogP contribution is 2.25. The van der Waals surface area contributed by atoms with E-state index in [0.717, 1.165) is 11.1 Å². The molecule has 4 rings (SSSR count). The number of amides is 1. The Labute approximate surface area is 152 Å². The normalized spacial score (nSPS) is 11.0. The number of hydrogen-bond donors (Lipinski definition) is 1. The molecule has 8 heteroatoms. The summed E-state index contributed by atoms with van der Waals surface area (Å²) in [6.07, 6.45) is 0. The lowest BCUT2D eigenvalue weighted by Gasteiger charge is -2.02. The summed E-state index contributed by atoms with van der Waals surface area (Å²) in [5.41, 5.74) is 3.52. The van der Waals surface area contributed by atoms with Crippen LogP contribution >= 0.6 is 11.3 Å². The Morgan fingerprint density at radius 2 is 2.04 bits per heavy atom. The summed E-state index contributed by atoms with van der Waals surface area (Å²) < 4.78 is 14.8. The molecule has 0 aliphatic carbocycles. The molecule has 4 aromatic rings. The third-order valence-electron chi connectivity index (χ3n) is 3.94. The van der Waals surface area contributed by atoms with Gasteiger partial charge in [-0.05, 0) is 49.4 Å². The molecule has 26 heavy (non-hydrogen) atoms. The van der Waals surface area contributed by atoms with E-state index in [9.17, 15) is 9.18 Å². The molecule has 0 radical (unpaired) electrons. The van der Waals surface area contributed by atoms with E-state index in [1.807, 2.05) is 18.4 Å². The lowest BCUT2D eigenvalue weighted by Crippen LogP contribution is -2.11. The number of carbonyl (C=O) groups is 1. The highest BCUT2D eigenvalue weighted by Gasteiger charge is 2.12. The minimum absolute atomic E-state index is 0.266. The maximum Gasteiger partial charge on any atom is 0.257 e. The molecule has 6 nitrogen and oxygen atoms in total. The first-order chi connectivity index (χ1) is 12.6. The lowest BCUT2D eigenvalue weighted by molar-refractivity contribution is 0.102. The maximum atomic E-state index is 13.0. The third-order valence-corrected chi connectivity index (χ3v) is 4.70. The molecule has 2 aromatic carbocycles. The van der Waals surface area contributed by atoms with Gasteiger partial charge in [-0.1, -0.05) is 5.21 Å². The van der Waals surface area contributed by atoms with E-state index >= 15 is 0 Å². The Morgan fingerprint density at radius 1 is 1.23 bits per heavy atom. The molecule has 0 atom stereocenters. The lowest BCUT2D eigenvalue weighted by atomic mass is 10.2. The largest absolute Gasteiger partial charge is 0.298 e. The summed E-state index contributed by atoms with van der Waals surface area (Å²) in [5, 5.41) is 13.2. The first-order valence-corrected chi connectivity index (χ1v) is 8.88. The molecular formula is C18H14FN5OS. The zero-order valence-electron chi connectivity index (χ0n) is 13.8. The van der Waals surface area contributed by atoms with Crippen LogP contribution in [0, 0.1) is 5.82 Å². The van der Waals surface area contributed by atoms with E-state index in [0.29, 0.717) is 28.5 Å². The van der Waals surface area contributed by atoms with Crippen molar-refractivity contribution < 1.29 is 9.18 Å². The van der Waals surface area contributed by atoms with Crippen molar-refractivity contribution in [1.29, 1.82) is 0 Å². The van der Waals surface area contributed by atoms with Crippen molar-refractivity contribution in [2.75, 3.05) is 5.32 Å². The summed E-state index contributed by atoms with van der Waals surface area (Å²) in [4.78, 5) is 16.9. The van der Waals surface area contributed by atoms with Crippen LogP contribution in [0.3, 0.4) is 0 Å². The van der Waals surface area contributed by atoms with Gasteiger partial charge in [0.1, 0.15) is 11.3 Å². The zero-order valence-corrected chi connectivity index (χ0v) is 14.6. The van der Waals surface area contributed by atoms with Crippen molar-refractivity contribution in [2.45, 2.75) is 13.5 Å². The highest BCUT2D eigenvalue weighted by atomic mass is 32.1. The van der Waals surface area contributed by atoms with Crippen LogP contribution in [0.25, 0.3) is 22.3 Å². The molecule has 0 bridgehead atoms. The number of aryl methyl sites for hydroxylation is 1. The van der Waals surface area contributed by atoms with Gasteiger partial charge in [0, 0.05) is 23.1 Å². The smallest absolute Gasteiger partial charge is 0.257 e. The number of aromatic nitrogens is 4. The van der Waals surface area contributed by atoms with Crippen molar-refractivity contribution in [3.8, 4) is 11.3 Å². The number of fused-ring (bicyclic) bond motifs is 1. The topological polar surface area (TPSA) is 72.7 Å². The van der Waals surface area contributed by atoms with Gasteiger partial charge in [0.25, 0.3) is 5.91 Å². The summed E-state index contributed by atoms with van der Waals surface area (Å²) >= 11 is 1.31. The SMILES string of the molecule is CCn1nnc2cc(C(=O)Nc3nc(-c4ccc(F)cc4)cs3)ccc21. The van der Waals surface area contributed by atoms with Gasteiger partial charge in [-0.15, -0.1) is 16.4 Å². The third kappa shape index (κ3) is 3.06. The summed E-state index contributed by atoms with van der Waals surface area (Å²) in [6.45, 7) is 2.70. The second kappa shape index (κ2) is 6.64. The van der Waals surface area contributed by atoms with E-state index in [4.69, 9.17) is 0 Å². The van der Waals surface area contributed by atoms with Crippen LogP contribution in [-0.2, 0) is 6.54 Å². The van der Waals surface area contributed by atoms with E-state index in [1.54, 1.807) is 28.9 Å². The zero-order chi connectivity index (χ0) is 18.1. The Kier molecular flexibility index (Phi) is 4.18. The summed E-state index contributed by atoms with van der Waals surface area (Å²) in [7, 11) is 0. The number of halogens is 1. The Balaban J connectivity index is 1.54. The molecule has 2 aromatic heterocycles. The van der Waals surface area contributed by atoms with Gasteiger partial charge in [0.05, 0.1) is 11.2 Å². The standard InChI is InChI=1S/C18H14FN5OS/c1-2-24-16-8-5-12(9-14(16)22-23-24)17(25)21-18-20-15(10-26-18)11-3-6-13(19)7-4-11/h3-10H,2H2,1H3,(H,20,21,25). The second-order valence-corrected chi connectivity index (χ2v) is 6.47. The van der Waals surface area contributed by atoms with Crippen molar-refractivity contribution in [3.05, 3.63) is 59.2 Å². The molecule has 1 N–H and O–H groups in total. The maximum absolute atomic E-state index is 13.0. The van der Waals surface area contributed by atoms with E-state index in [2.05, 4.69) is 20.6 Å². The van der Waals surface area contributed by atoms with Crippen LogP contribution in [0.1, 0.15) is 17.3 Å². The number of benzene rings is 2. The molecule has 0 unspecified atom stereocenters. The van der Waals surface area contributed by atoms with Crippen LogP contribution in [0.2, 0.25) is 0 Å². The molecule has 1 amide bonds. The van der Waals surface area contributed by atoms with E-state index < -0.39 is 0 Å². The van der Waals surface area contributed by atoms with E-state index in [1.165, 1.54) is 23.5 Å². The predicted octanol–water partition coefficient (Wildman–Crippen LogP) is 3.97. The van der Waals surface area contributed by atoms with Gasteiger partial charge < -0.3 is 0 Å². The van der Waals surface area contributed by atoms with Crippen molar-refractivity contribution >= 4 is 33.4 Å². The van der Waals surface area contributed by atoms with Gasteiger partial charge >= 0.3 is 0 Å². The Hall–Kier alpha value is -3.13.